The number of hydrazine groups is 1. The number of ketones is 1. The molecule has 20 heavy (non-hydrogen) atoms. The van der Waals surface area contributed by atoms with Gasteiger partial charge in [-0.05, 0) is 30.5 Å². The number of halogens is 4. The smallest absolute Gasteiger partial charge is 0.325 e. The maximum Gasteiger partial charge on any atom is 0.416 e. The number of alkyl halides is 3. The lowest BCUT2D eigenvalue weighted by Crippen LogP contribution is -2.39. The fraction of sp³-hybridized carbons (Fsp3) is 0.308. The fourth-order valence-corrected chi connectivity index (χ4v) is 2.13. The monoisotopic (exact) mass is 304 g/mol. The first-order valence-corrected chi connectivity index (χ1v) is 6.32. The quantitative estimate of drug-likeness (QED) is 0.902. The number of hydrogen-bond acceptors (Lipinski definition) is 3. The third kappa shape index (κ3) is 3.74. The van der Waals surface area contributed by atoms with E-state index >= 15 is 0 Å². The van der Waals surface area contributed by atoms with Gasteiger partial charge in [0.15, 0.2) is 5.78 Å². The summed E-state index contributed by atoms with van der Waals surface area (Å²) in [7, 11) is 0. The number of nitrogens with one attached hydrogen (secondary N) is 2. The Labute approximate surface area is 118 Å². The Morgan fingerprint density at radius 3 is 2.60 bits per heavy atom. The van der Waals surface area contributed by atoms with Crippen LogP contribution in [0.1, 0.15) is 17.5 Å². The van der Waals surface area contributed by atoms with Crippen molar-refractivity contribution in [3.05, 3.63) is 46.1 Å². The van der Waals surface area contributed by atoms with Gasteiger partial charge in [0.05, 0.1) is 12.1 Å². The molecule has 0 unspecified atom stereocenters. The lowest BCUT2D eigenvalue weighted by Gasteiger charge is -2.16. The van der Waals surface area contributed by atoms with Crippen LogP contribution in [0.25, 0.3) is 0 Å². The van der Waals surface area contributed by atoms with Crippen molar-refractivity contribution in [1.29, 1.82) is 0 Å². The molecular weight excluding hydrogens is 293 g/mol. The van der Waals surface area contributed by atoms with Gasteiger partial charge in [0.25, 0.3) is 0 Å². The molecule has 0 saturated carbocycles. The topological polar surface area (TPSA) is 41.1 Å². The summed E-state index contributed by atoms with van der Waals surface area (Å²) in [5.41, 5.74) is 6.09. The lowest BCUT2D eigenvalue weighted by atomic mass is 10.0. The molecule has 0 amide bonds. The number of hydrogen-bond donors (Lipinski definition) is 2. The average Bonchev–Trinajstić information content (AvgIpc) is 2.36. The van der Waals surface area contributed by atoms with Crippen molar-refractivity contribution in [2.75, 3.05) is 6.54 Å². The van der Waals surface area contributed by atoms with Gasteiger partial charge in [-0.3, -0.25) is 4.79 Å². The van der Waals surface area contributed by atoms with E-state index in [0.29, 0.717) is 24.1 Å². The van der Waals surface area contributed by atoms with Crippen molar-refractivity contribution in [2.24, 2.45) is 0 Å². The number of carbonyl (C=O) groups is 1. The first kappa shape index (κ1) is 14.9. The summed E-state index contributed by atoms with van der Waals surface area (Å²) >= 11 is 5.86. The van der Waals surface area contributed by atoms with E-state index < -0.39 is 11.7 Å². The summed E-state index contributed by atoms with van der Waals surface area (Å²) < 4.78 is 37.5. The average molecular weight is 305 g/mol. The molecule has 0 fully saturated rings. The summed E-state index contributed by atoms with van der Waals surface area (Å²) in [6, 6.07) is 3.29. The first-order valence-electron chi connectivity index (χ1n) is 5.94. The molecule has 1 aromatic rings. The second-order valence-corrected chi connectivity index (χ2v) is 4.83. The molecule has 1 heterocycles. The molecule has 0 atom stereocenters. The van der Waals surface area contributed by atoms with Gasteiger partial charge in [0.1, 0.15) is 0 Å². The van der Waals surface area contributed by atoms with Crippen molar-refractivity contribution in [1.82, 2.24) is 10.9 Å². The van der Waals surface area contributed by atoms with Gasteiger partial charge in [0.2, 0.25) is 0 Å². The van der Waals surface area contributed by atoms with Crippen LogP contribution in [0.2, 0.25) is 5.02 Å². The molecule has 1 aromatic carbocycles. The molecule has 0 bridgehead atoms. The van der Waals surface area contributed by atoms with Gasteiger partial charge >= 0.3 is 6.18 Å². The van der Waals surface area contributed by atoms with Crippen LogP contribution in [0.3, 0.4) is 0 Å². The molecule has 108 valence electrons. The van der Waals surface area contributed by atoms with Gasteiger partial charge in [0, 0.05) is 16.8 Å². The first-order chi connectivity index (χ1) is 9.36. The number of aryl methyl sites for hydroxylation is 1. The standard InChI is InChI=1S/C13H12ClF3N2O/c14-12-5-9(13(15,16)17)3-1-8(12)2-4-10-6-11(20)7-18-19-10/h1,3,5-6,18-19H,2,4,7H2. The molecule has 2 N–H and O–H groups in total. The van der Waals surface area contributed by atoms with Crippen LogP contribution in [0.4, 0.5) is 13.2 Å². The lowest BCUT2D eigenvalue weighted by molar-refractivity contribution is -0.137. The Morgan fingerprint density at radius 1 is 1.25 bits per heavy atom. The highest BCUT2D eigenvalue weighted by Gasteiger charge is 2.30. The zero-order valence-corrected chi connectivity index (χ0v) is 11.1. The van der Waals surface area contributed by atoms with Crippen molar-refractivity contribution < 1.29 is 18.0 Å². The zero-order valence-electron chi connectivity index (χ0n) is 10.4. The van der Waals surface area contributed by atoms with E-state index in [-0.39, 0.29) is 17.4 Å². The summed E-state index contributed by atoms with van der Waals surface area (Å²) in [6.45, 7) is 0.227. The minimum Gasteiger partial charge on any atom is -0.325 e. The van der Waals surface area contributed by atoms with E-state index in [9.17, 15) is 18.0 Å². The minimum absolute atomic E-state index is 0.0442. The van der Waals surface area contributed by atoms with E-state index in [1.807, 2.05) is 0 Å². The van der Waals surface area contributed by atoms with Crippen LogP contribution in [0.5, 0.6) is 0 Å². The molecule has 1 aliphatic rings. The van der Waals surface area contributed by atoms with E-state index in [0.717, 1.165) is 12.1 Å². The predicted octanol–water partition coefficient (Wildman–Crippen LogP) is 2.85. The van der Waals surface area contributed by atoms with Gasteiger partial charge < -0.3 is 5.43 Å². The van der Waals surface area contributed by atoms with Crippen LogP contribution in [0, 0.1) is 0 Å². The van der Waals surface area contributed by atoms with E-state index in [1.54, 1.807) is 0 Å². The van der Waals surface area contributed by atoms with E-state index in [4.69, 9.17) is 11.6 Å². The van der Waals surface area contributed by atoms with Crippen molar-refractivity contribution in [3.8, 4) is 0 Å². The Hall–Kier alpha value is -1.53. The zero-order chi connectivity index (χ0) is 14.8. The van der Waals surface area contributed by atoms with Crippen LogP contribution in [0.15, 0.2) is 30.0 Å². The SMILES string of the molecule is O=C1C=C(CCc2ccc(C(F)(F)F)cc2Cl)NNC1. The normalized spacial score (nSPS) is 15.8. The van der Waals surface area contributed by atoms with Crippen LogP contribution < -0.4 is 10.9 Å². The third-order valence-electron chi connectivity index (χ3n) is 2.89. The number of rotatable bonds is 3. The molecule has 0 aliphatic carbocycles. The summed E-state index contributed by atoms with van der Waals surface area (Å²) in [6.07, 6.45) is -1.98. The van der Waals surface area contributed by atoms with Crippen molar-refractivity contribution in [2.45, 2.75) is 19.0 Å². The van der Waals surface area contributed by atoms with Gasteiger partial charge in [-0.25, -0.2) is 5.43 Å². The number of benzene rings is 1. The molecule has 0 saturated heterocycles. The van der Waals surface area contributed by atoms with Gasteiger partial charge in [-0.1, -0.05) is 17.7 Å². The molecule has 0 aromatic heterocycles. The molecule has 7 heteroatoms. The van der Waals surface area contributed by atoms with Crippen LogP contribution in [-0.2, 0) is 17.4 Å². The Kier molecular flexibility index (Phi) is 4.35. The summed E-state index contributed by atoms with van der Waals surface area (Å²) in [5.74, 6) is -0.0442. The number of carbonyl (C=O) groups excluding carboxylic acids is 1. The van der Waals surface area contributed by atoms with Gasteiger partial charge in [-0.2, -0.15) is 13.2 Å². The highest BCUT2D eigenvalue weighted by Crippen LogP contribution is 2.32. The highest BCUT2D eigenvalue weighted by molar-refractivity contribution is 6.31. The van der Waals surface area contributed by atoms with E-state index in [1.165, 1.54) is 12.1 Å². The van der Waals surface area contributed by atoms with Crippen molar-refractivity contribution in [3.63, 3.8) is 0 Å². The largest absolute Gasteiger partial charge is 0.416 e. The van der Waals surface area contributed by atoms with Crippen molar-refractivity contribution >= 4 is 17.4 Å². The Balaban J connectivity index is 2.05. The number of allylic oxidation sites excluding steroid dienone is 1. The molecular formula is C13H12ClF3N2O. The maximum absolute atomic E-state index is 12.5. The second-order valence-electron chi connectivity index (χ2n) is 4.42. The predicted molar refractivity (Wildman–Crippen MR) is 69.0 cm³/mol. The third-order valence-corrected chi connectivity index (χ3v) is 3.24. The second kappa shape index (κ2) is 5.85. The molecule has 1 aliphatic heterocycles. The highest BCUT2D eigenvalue weighted by atomic mass is 35.5. The molecule has 3 nitrogen and oxygen atoms in total. The van der Waals surface area contributed by atoms with Crippen LogP contribution in [-0.4, -0.2) is 12.3 Å². The molecule has 0 radical (unpaired) electrons. The Morgan fingerprint density at radius 2 is 2.00 bits per heavy atom. The summed E-state index contributed by atoms with van der Waals surface area (Å²) in [5, 5.41) is 0.0792. The minimum atomic E-state index is -4.40. The molecule has 0 spiro atoms. The fourth-order valence-electron chi connectivity index (χ4n) is 1.86. The van der Waals surface area contributed by atoms with E-state index in [2.05, 4.69) is 10.9 Å². The maximum atomic E-state index is 12.5. The molecule has 2 rings (SSSR count). The Bertz CT molecular complexity index is 555. The van der Waals surface area contributed by atoms with Gasteiger partial charge in [-0.15, -0.1) is 0 Å². The summed E-state index contributed by atoms with van der Waals surface area (Å²) in [4.78, 5) is 11.2. The van der Waals surface area contributed by atoms with Crippen LogP contribution >= 0.6 is 11.6 Å².